The Morgan fingerprint density at radius 1 is 1.18 bits per heavy atom. The zero-order valence-electron chi connectivity index (χ0n) is 7.67. The average Bonchev–Trinajstić information content (AvgIpc) is 1.85. The molecule has 3 heteroatoms. The van der Waals surface area contributed by atoms with Crippen molar-refractivity contribution in [2.75, 3.05) is 19.8 Å². The van der Waals surface area contributed by atoms with E-state index in [0.29, 0.717) is 19.1 Å². The highest BCUT2D eigenvalue weighted by Gasteiger charge is 1.95. The smallest absolute Gasteiger partial charge is 0.102 e. The van der Waals surface area contributed by atoms with Crippen molar-refractivity contribution in [2.45, 2.75) is 27.0 Å². The minimum Gasteiger partial charge on any atom is -0.379 e. The Morgan fingerprint density at radius 3 is 2.27 bits per heavy atom. The van der Waals surface area contributed by atoms with Gasteiger partial charge in [0.05, 0.1) is 13.2 Å². The summed E-state index contributed by atoms with van der Waals surface area (Å²) in [7, 11) is 0. The van der Waals surface area contributed by atoms with Crippen LogP contribution in [-0.4, -0.2) is 26.0 Å². The Labute approximate surface area is 68.9 Å². The number of ether oxygens (including phenoxy) is 2. The second kappa shape index (κ2) is 6.58. The molecule has 68 valence electrons. The summed E-state index contributed by atoms with van der Waals surface area (Å²) in [6, 6.07) is 0. The Balaban J connectivity index is 2.91. The van der Waals surface area contributed by atoms with Gasteiger partial charge in [0.2, 0.25) is 0 Å². The van der Waals surface area contributed by atoms with E-state index in [1.807, 2.05) is 6.92 Å². The van der Waals surface area contributed by atoms with Gasteiger partial charge in [0.1, 0.15) is 6.23 Å². The molecule has 0 amide bonds. The van der Waals surface area contributed by atoms with Gasteiger partial charge < -0.3 is 15.2 Å². The maximum Gasteiger partial charge on any atom is 0.102 e. The van der Waals surface area contributed by atoms with Gasteiger partial charge in [-0.2, -0.15) is 0 Å². The van der Waals surface area contributed by atoms with Crippen LogP contribution in [0, 0.1) is 5.92 Å². The van der Waals surface area contributed by atoms with Crippen molar-refractivity contribution in [3.05, 3.63) is 0 Å². The summed E-state index contributed by atoms with van der Waals surface area (Å²) in [5, 5.41) is 0. The summed E-state index contributed by atoms with van der Waals surface area (Å²) in [6.45, 7) is 8.06. The van der Waals surface area contributed by atoms with Crippen LogP contribution < -0.4 is 5.73 Å². The Hall–Kier alpha value is -0.120. The van der Waals surface area contributed by atoms with Gasteiger partial charge in [0.25, 0.3) is 0 Å². The third-order valence-electron chi connectivity index (χ3n) is 1.06. The fourth-order valence-electron chi connectivity index (χ4n) is 0.612. The lowest BCUT2D eigenvalue weighted by Gasteiger charge is -2.09. The van der Waals surface area contributed by atoms with Gasteiger partial charge in [-0.05, 0) is 12.8 Å². The van der Waals surface area contributed by atoms with E-state index in [-0.39, 0.29) is 6.23 Å². The summed E-state index contributed by atoms with van der Waals surface area (Å²) in [5.41, 5.74) is 5.36. The highest BCUT2D eigenvalue weighted by atomic mass is 16.5. The SMILES string of the molecule is CC(C)COCCOC(C)N. The summed E-state index contributed by atoms with van der Waals surface area (Å²) < 4.78 is 10.3. The van der Waals surface area contributed by atoms with Gasteiger partial charge >= 0.3 is 0 Å². The van der Waals surface area contributed by atoms with Crippen LogP contribution in [0.25, 0.3) is 0 Å². The molecule has 0 saturated heterocycles. The lowest BCUT2D eigenvalue weighted by atomic mass is 10.2. The fraction of sp³-hybridized carbons (Fsp3) is 1.00. The molecule has 0 aliphatic carbocycles. The zero-order valence-corrected chi connectivity index (χ0v) is 7.67. The standard InChI is InChI=1S/C8H19NO2/c1-7(2)6-10-4-5-11-8(3)9/h7-8H,4-6,9H2,1-3H3. The molecule has 0 rings (SSSR count). The second-order valence-corrected chi connectivity index (χ2v) is 3.04. The lowest BCUT2D eigenvalue weighted by Crippen LogP contribution is -2.21. The molecule has 0 aliphatic heterocycles. The fourth-order valence-corrected chi connectivity index (χ4v) is 0.612. The Kier molecular flexibility index (Phi) is 6.51. The quantitative estimate of drug-likeness (QED) is 0.466. The first-order chi connectivity index (χ1) is 5.13. The minimum atomic E-state index is -0.183. The molecular formula is C8H19NO2. The van der Waals surface area contributed by atoms with Gasteiger partial charge in [-0.1, -0.05) is 13.8 Å². The third-order valence-corrected chi connectivity index (χ3v) is 1.06. The normalized spacial score (nSPS) is 13.9. The summed E-state index contributed by atoms with van der Waals surface area (Å²) in [4.78, 5) is 0. The molecule has 0 saturated carbocycles. The minimum absolute atomic E-state index is 0.183. The van der Waals surface area contributed by atoms with Crippen LogP contribution in [0.15, 0.2) is 0 Å². The van der Waals surface area contributed by atoms with E-state index in [2.05, 4.69) is 13.8 Å². The maximum absolute atomic E-state index is 5.36. The summed E-state index contributed by atoms with van der Waals surface area (Å²) in [5.74, 6) is 0.588. The molecule has 0 aromatic carbocycles. The van der Waals surface area contributed by atoms with Crippen molar-refractivity contribution >= 4 is 0 Å². The predicted molar refractivity (Wildman–Crippen MR) is 45.3 cm³/mol. The molecule has 1 unspecified atom stereocenters. The first kappa shape index (κ1) is 10.9. The van der Waals surface area contributed by atoms with Gasteiger partial charge in [-0.25, -0.2) is 0 Å². The molecule has 0 spiro atoms. The summed E-state index contributed by atoms with van der Waals surface area (Å²) in [6.07, 6.45) is -0.183. The van der Waals surface area contributed by atoms with E-state index in [1.165, 1.54) is 0 Å². The van der Waals surface area contributed by atoms with Crippen LogP contribution >= 0.6 is 0 Å². The largest absolute Gasteiger partial charge is 0.379 e. The van der Waals surface area contributed by atoms with Gasteiger partial charge in [0, 0.05) is 6.61 Å². The van der Waals surface area contributed by atoms with Crippen LogP contribution in [0.1, 0.15) is 20.8 Å². The van der Waals surface area contributed by atoms with Crippen molar-refractivity contribution in [1.29, 1.82) is 0 Å². The zero-order chi connectivity index (χ0) is 8.69. The van der Waals surface area contributed by atoms with Crippen molar-refractivity contribution < 1.29 is 9.47 Å². The molecule has 0 radical (unpaired) electrons. The number of hydrogen-bond donors (Lipinski definition) is 1. The number of nitrogens with two attached hydrogens (primary N) is 1. The molecule has 0 aromatic heterocycles. The van der Waals surface area contributed by atoms with E-state index in [0.717, 1.165) is 6.61 Å². The molecule has 0 aliphatic rings. The third kappa shape index (κ3) is 9.88. The van der Waals surface area contributed by atoms with E-state index in [9.17, 15) is 0 Å². The molecular weight excluding hydrogens is 142 g/mol. The van der Waals surface area contributed by atoms with Gasteiger partial charge in [-0.3, -0.25) is 0 Å². The molecule has 11 heavy (non-hydrogen) atoms. The lowest BCUT2D eigenvalue weighted by molar-refractivity contribution is 0.00864. The van der Waals surface area contributed by atoms with E-state index in [4.69, 9.17) is 15.2 Å². The maximum atomic E-state index is 5.36. The average molecular weight is 161 g/mol. The van der Waals surface area contributed by atoms with Crippen molar-refractivity contribution in [2.24, 2.45) is 11.7 Å². The van der Waals surface area contributed by atoms with Gasteiger partial charge in [-0.15, -0.1) is 0 Å². The molecule has 0 heterocycles. The van der Waals surface area contributed by atoms with Crippen molar-refractivity contribution in [1.82, 2.24) is 0 Å². The van der Waals surface area contributed by atoms with Crippen molar-refractivity contribution in [3.8, 4) is 0 Å². The predicted octanol–water partition coefficient (Wildman–Crippen LogP) is 0.980. The number of hydrogen-bond acceptors (Lipinski definition) is 3. The van der Waals surface area contributed by atoms with Gasteiger partial charge in [0.15, 0.2) is 0 Å². The van der Waals surface area contributed by atoms with Crippen LogP contribution in [0.4, 0.5) is 0 Å². The Morgan fingerprint density at radius 2 is 1.82 bits per heavy atom. The van der Waals surface area contributed by atoms with E-state index >= 15 is 0 Å². The molecule has 0 fully saturated rings. The van der Waals surface area contributed by atoms with E-state index in [1.54, 1.807) is 0 Å². The monoisotopic (exact) mass is 161 g/mol. The second-order valence-electron chi connectivity index (χ2n) is 3.04. The Bertz CT molecular complexity index is 74.2. The first-order valence-electron chi connectivity index (χ1n) is 4.08. The van der Waals surface area contributed by atoms with Crippen LogP contribution in [0.2, 0.25) is 0 Å². The first-order valence-corrected chi connectivity index (χ1v) is 4.08. The van der Waals surface area contributed by atoms with Crippen LogP contribution in [0.3, 0.4) is 0 Å². The van der Waals surface area contributed by atoms with Crippen molar-refractivity contribution in [3.63, 3.8) is 0 Å². The molecule has 1 atom stereocenters. The molecule has 0 bridgehead atoms. The highest BCUT2D eigenvalue weighted by molar-refractivity contribution is 4.40. The van der Waals surface area contributed by atoms with Crippen LogP contribution in [0.5, 0.6) is 0 Å². The molecule has 3 nitrogen and oxygen atoms in total. The highest BCUT2D eigenvalue weighted by Crippen LogP contribution is 1.91. The van der Waals surface area contributed by atoms with E-state index < -0.39 is 0 Å². The van der Waals surface area contributed by atoms with Crippen LogP contribution in [-0.2, 0) is 9.47 Å². The molecule has 0 aromatic rings. The topological polar surface area (TPSA) is 44.5 Å². The number of rotatable bonds is 6. The summed E-state index contributed by atoms with van der Waals surface area (Å²) >= 11 is 0. The molecule has 2 N–H and O–H groups in total.